The van der Waals surface area contributed by atoms with E-state index in [0.717, 1.165) is 13.2 Å². The molecular weight excluding hydrogens is 372 g/mol. The summed E-state index contributed by atoms with van der Waals surface area (Å²) in [6.07, 6.45) is 13.0. The maximum absolute atomic E-state index is 6.38. The molecule has 2 atom stereocenters. The van der Waals surface area contributed by atoms with Crippen molar-refractivity contribution in [2.24, 2.45) is 16.2 Å². The Bertz CT molecular complexity index is 560. The lowest BCUT2D eigenvalue weighted by Crippen LogP contribution is -2.41. The van der Waals surface area contributed by atoms with Gasteiger partial charge in [-0.1, -0.05) is 34.6 Å². The van der Waals surface area contributed by atoms with E-state index in [9.17, 15) is 0 Å². The molecule has 4 nitrogen and oxygen atoms in total. The SMILES string of the molecule is CC(C)(C)CN1CCC2(COC(CC(C)(C)CNC3CCC(OC4CC4)CC3)C2)C1. The highest BCUT2D eigenvalue weighted by Crippen LogP contribution is 2.44. The Morgan fingerprint density at radius 3 is 2.30 bits per heavy atom. The number of nitrogens with zero attached hydrogens (tertiary/aromatic N) is 1. The zero-order chi connectivity index (χ0) is 21.4. The summed E-state index contributed by atoms with van der Waals surface area (Å²) in [4.78, 5) is 2.68. The molecule has 4 fully saturated rings. The first-order valence-electron chi connectivity index (χ1n) is 12.8. The molecule has 4 heteroatoms. The fourth-order valence-corrected chi connectivity index (χ4v) is 6.13. The summed E-state index contributed by atoms with van der Waals surface area (Å²) in [6, 6.07) is 0.681. The maximum Gasteiger partial charge on any atom is 0.0587 e. The molecule has 1 N–H and O–H groups in total. The number of likely N-dealkylation sites (tertiary alicyclic amines) is 1. The van der Waals surface area contributed by atoms with E-state index in [-0.39, 0.29) is 0 Å². The van der Waals surface area contributed by atoms with Gasteiger partial charge in [0.15, 0.2) is 0 Å². The number of nitrogens with one attached hydrogen (secondary N) is 1. The summed E-state index contributed by atoms with van der Waals surface area (Å²) < 4.78 is 12.5. The van der Waals surface area contributed by atoms with Crippen molar-refractivity contribution >= 4 is 0 Å². The molecule has 2 heterocycles. The number of ether oxygens (including phenoxy) is 2. The lowest BCUT2D eigenvalue weighted by molar-refractivity contribution is 0.00975. The Morgan fingerprint density at radius 2 is 1.67 bits per heavy atom. The highest BCUT2D eigenvalue weighted by Gasteiger charge is 2.46. The quantitative estimate of drug-likeness (QED) is 0.598. The summed E-state index contributed by atoms with van der Waals surface area (Å²) in [5.74, 6) is 0. The molecule has 0 aromatic rings. The van der Waals surface area contributed by atoms with Crippen LogP contribution in [-0.2, 0) is 9.47 Å². The van der Waals surface area contributed by atoms with Crippen LogP contribution in [0.5, 0.6) is 0 Å². The summed E-state index contributed by atoms with van der Waals surface area (Å²) >= 11 is 0. The zero-order valence-electron chi connectivity index (χ0n) is 20.5. The predicted molar refractivity (Wildman–Crippen MR) is 124 cm³/mol. The van der Waals surface area contributed by atoms with Crippen molar-refractivity contribution < 1.29 is 9.47 Å². The van der Waals surface area contributed by atoms with Crippen LogP contribution in [0.15, 0.2) is 0 Å². The lowest BCUT2D eigenvalue weighted by atomic mass is 9.79. The highest BCUT2D eigenvalue weighted by atomic mass is 16.5. The molecule has 2 aliphatic carbocycles. The van der Waals surface area contributed by atoms with Crippen molar-refractivity contribution in [3.8, 4) is 0 Å². The van der Waals surface area contributed by atoms with Gasteiger partial charge in [0.2, 0.25) is 0 Å². The third-order valence-corrected chi connectivity index (χ3v) is 7.73. The third kappa shape index (κ3) is 6.67. The topological polar surface area (TPSA) is 33.7 Å². The first-order chi connectivity index (χ1) is 14.1. The smallest absolute Gasteiger partial charge is 0.0587 e. The van der Waals surface area contributed by atoms with Gasteiger partial charge in [0.25, 0.3) is 0 Å². The Morgan fingerprint density at radius 1 is 1.00 bits per heavy atom. The first kappa shape index (κ1) is 23.0. The van der Waals surface area contributed by atoms with Crippen LogP contribution in [0, 0.1) is 16.2 Å². The van der Waals surface area contributed by atoms with Gasteiger partial charge >= 0.3 is 0 Å². The monoisotopic (exact) mass is 420 g/mol. The van der Waals surface area contributed by atoms with Crippen molar-refractivity contribution in [2.75, 3.05) is 32.8 Å². The molecule has 2 saturated heterocycles. The van der Waals surface area contributed by atoms with Crippen LogP contribution < -0.4 is 5.32 Å². The van der Waals surface area contributed by atoms with Gasteiger partial charge in [0.05, 0.1) is 24.9 Å². The Labute approximate surface area is 185 Å². The minimum atomic E-state index is 0.293. The molecular formula is C26H48N2O2. The molecule has 2 saturated carbocycles. The van der Waals surface area contributed by atoms with Gasteiger partial charge in [-0.15, -0.1) is 0 Å². The van der Waals surface area contributed by atoms with E-state index >= 15 is 0 Å². The molecule has 0 amide bonds. The minimum Gasteiger partial charge on any atom is -0.378 e. The lowest BCUT2D eigenvalue weighted by Gasteiger charge is -2.34. The fourth-order valence-electron chi connectivity index (χ4n) is 6.13. The molecule has 4 rings (SSSR count). The van der Waals surface area contributed by atoms with Gasteiger partial charge in [-0.05, 0) is 75.2 Å². The van der Waals surface area contributed by atoms with Crippen LogP contribution in [0.4, 0.5) is 0 Å². The second-order valence-corrected chi connectivity index (χ2v) is 13.2. The van der Waals surface area contributed by atoms with E-state index in [2.05, 4.69) is 44.8 Å². The normalized spacial score (nSPS) is 36.1. The van der Waals surface area contributed by atoms with E-state index < -0.39 is 0 Å². The van der Waals surface area contributed by atoms with Crippen LogP contribution in [-0.4, -0.2) is 62.0 Å². The van der Waals surface area contributed by atoms with Crippen LogP contribution in [0.1, 0.15) is 92.4 Å². The third-order valence-electron chi connectivity index (χ3n) is 7.73. The van der Waals surface area contributed by atoms with E-state index in [4.69, 9.17) is 9.47 Å². The summed E-state index contributed by atoms with van der Waals surface area (Å²) in [5.41, 5.74) is 1.11. The van der Waals surface area contributed by atoms with Crippen molar-refractivity contribution in [1.29, 1.82) is 0 Å². The van der Waals surface area contributed by atoms with Crippen LogP contribution >= 0.6 is 0 Å². The molecule has 0 radical (unpaired) electrons. The van der Waals surface area contributed by atoms with Gasteiger partial charge in [-0.25, -0.2) is 0 Å². The average Bonchev–Trinajstić information content (AvgIpc) is 3.27. The second kappa shape index (κ2) is 9.00. The minimum absolute atomic E-state index is 0.293. The summed E-state index contributed by atoms with van der Waals surface area (Å²) in [5, 5.41) is 3.90. The molecule has 0 aromatic heterocycles. The molecule has 2 unspecified atom stereocenters. The molecule has 2 aliphatic heterocycles. The van der Waals surface area contributed by atoms with E-state index in [0.29, 0.717) is 40.6 Å². The Hall–Kier alpha value is -0.160. The number of hydrogen-bond donors (Lipinski definition) is 1. The number of rotatable bonds is 8. The summed E-state index contributed by atoms with van der Waals surface area (Å²) in [6.45, 7) is 17.7. The van der Waals surface area contributed by atoms with E-state index in [1.807, 2.05) is 0 Å². The number of hydrogen-bond acceptors (Lipinski definition) is 4. The molecule has 174 valence electrons. The molecule has 30 heavy (non-hydrogen) atoms. The Kier molecular flexibility index (Phi) is 6.90. The van der Waals surface area contributed by atoms with Crippen molar-refractivity contribution in [3.63, 3.8) is 0 Å². The van der Waals surface area contributed by atoms with Gasteiger partial charge < -0.3 is 19.7 Å². The zero-order valence-corrected chi connectivity index (χ0v) is 20.5. The van der Waals surface area contributed by atoms with Gasteiger partial charge in [0, 0.05) is 31.1 Å². The molecule has 1 spiro atoms. The van der Waals surface area contributed by atoms with Gasteiger partial charge in [-0.2, -0.15) is 0 Å². The van der Waals surface area contributed by atoms with Crippen LogP contribution in [0.2, 0.25) is 0 Å². The largest absolute Gasteiger partial charge is 0.378 e. The fraction of sp³-hybridized carbons (Fsp3) is 1.00. The summed E-state index contributed by atoms with van der Waals surface area (Å²) in [7, 11) is 0. The molecule has 0 bridgehead atoms. The van der Waals surface area contributed by atoms with Gasteiger partial charge in [0.1, 0.15) is 0 Å². The van der Waals surface area contributed by atoms with Crippen LogP contribution in [0.3, 0.4) is 0 Å². The first-order valence-corrected chi connectivity index (χ1v) is 12.8. The Balaban J connectivity index is 1.16. The van der Waals surface area contributed by atoms with E-state index in [1.165, 1.54) is 77.4 Å². The van der Waals surface area contributed by atoms with Gasteiger partial charge in [-0.3, -0.25) is 0 Å². The predicted octanol–water partition coefficient (Wildman–Crippen LogP) is 5.01. The average molecular weight is 421 g/mol. The second-order valence-electron chi connectivity index (χ2n) is 13.2. The van der Waals surface area contributed by atoms with Crippen LogP contribution in [0.25, 0.3) is 0 Å². The molecule has 4 aliphatic rings. The maximum atomic E-state index is 6.38. The van der Waals surface area contributed by atoms with Crippen molar-refractivity contribution in [2.45, 2.75) is 117 Å². The van der Waals surface area contributed by atoms with E-state index in [1.54, 1.807) is 0 Å². The van der Waals surface area contributed by atoms with Crippen molar-refractivity contribution in [1.82, 2.24) is 10.2 Å². The standard InChI is InChI=1S/C26H48N2O2/c1-24(2,3)17-28-13-12-26(18-28)15-23(29-19-26)14-25(4,5)16-27-20-6-8-21(9-7-20)30-22-10-11-22/h20-23,27H,6-19H2,1-5H3. The molecule has 0 aromatic carbocycles. The highest BCUT2D eigenvalue weighted by molar-refractivity contribution is 4.97. The van der Waals surface area contributed by atoms with Crippen molar-refractivity contribution in [3.05, 3.63) is 0 Å².